The van der Waals surface area contributed by atoms with E-state index in [9.17, 15) is 19.2 Å². The number of ether oxygens (including phenoxy) is 2. The Bertz CT molecular complexity index is 1250. The van der Waals surface area contributed by atoms with Crippen LogP contribution in [0.2, 0.25) is 0 Å². The van der Waals surface area contributed by atoms with Gasteiger partial charge in [-0.2, -0.15) is 0 Å². The lowest BCUT2D eigenvalue weighted by molar-refractivity contribution is -0.252. The highest BCUT2D eigenvalue weighted by Crippen LogP contribution is 2.77. The Kier molecular flexibility index (Phi) is 9.31. The van der Waals surface area contributed by atoms with E-state index >= 15 is 0 Å². The number of hydrogen-bond acceptors (Lipinski definition) is 6. The van der Waals surface area contributed by atoms with E-state index in [1.165, 1.54) is 5.57 Å². The lowest BCUT2D eigenvalue weighted by Crippen LogP contribution is -2.67. The second-order valence-electron chi connectivity index (χ2n) is 17.3. The molecular weight excluding hydrogens is 584 g/mol. The van der Waals surface area contributed by atoms with Crippen LogP contribution in [0.1, 0.15) is 131 Å². The average molecular weight is 643 g/mol. The summed E-state index contributed by atoms with van der Waals surface area (Å²) in [7, 11) is 0. The Labute approximate surface area is 275 Å². The Morgan fingerprint density at radius 2 is 1.37 bits per heavy atom. The summed E-state index contributed by atoms with van der Waals surface area (Å²) in [6, 6.07) is 0. The van der Waals surface area contributed by atoms with Gasteiger partial charge < -0.3 is 19.7 Å². The number of rotatable bonds is 10. The lowest BCUT2D eigenvalue weighted by Gasteiger charge is -2.73. The van der Waals surface area contributed by atoms with Crippen LogP contribution in [0, 0.1) is 56.7 Å². The van der Waals surface area contributed by atoms with Crippen LogP contribution < -0.4 is 0 Å². The minimum atomic E-state index is -0.980. The van der Waals surface area contributed by atoms with Crippen LogP contribution in [0.3, 0.4) is 0 Å². The third-order valence-electron chi connectivity index (χ3n) is 15.1. The SMILES string of the molecule is C=C(C)[C@@H]1CC[C@]2(COC(=O)CCC(=O)O)CC[C@]3(C)[C@@H](CC[C@@H]4[C@]5(C)CC[C@H](OC(=O)CCC(=O)O)C(C)(C)[C@@H]5CC[C@@]43C)[C@H]12. The molecule has 5 fully saturated rings. The number of fused-ring (bicyclic) bond motifs is 7. The van der Waals surface area contributed by atoms with Crippen molar-refractivity contribution in [1.29, 1.82) is 0 Å². The molecule has 0 aliphatic heterocycles. The van der Waals surface area contributed by atoms with Crippen LogP contribution in [0.15, 0.2) is 12.2 Å². The predicted octanol–water partition coefficient (Wildman–Crippen LogP) is 7.83. The lowest BCUT2D eigenvalue weighted by atomic mass is 9.32. The first-order valence-electron chi connectivity index (χ1n) is 17.9. The van der Waals surface area contributed by atoms with Gasteiger partial charge in [0.25, 0.3) is 0 Å². The summed E-state index contributed by atoms with van der Waals surface area (Å²) in [6.07, 6.45) is 9.79. The molecule has 5 aliphatic carbocycles. The minimum Gasteiger partial charge on any atom is -0.481 e. The predicted molar refractivity (Wildman–Crippen MR) is 174 cm³/mol. The highest BCUT2D eigenvalue weighted by Gasteiger charge is 2.71. The van der Waals surface area contributed by atoms with E-state index in [0.29, 0.717) is 36.2 Å². The molecule has 5 aliphatic rings. The number of carboxylic acids is 2. The molecule has 0 aromatic heterocycles. The second kappa shape index (κ2) is 12.3. The van der Waals surface area contributed by atoms with Gasteiger partial charge in [-0.1, -0.05) is 46.8 Å². The summed E-state index contributed by atoms with van der Waals surface area (Å²) in [6.45, 7) is 19.2. The maximum atomic E-state index is 12.6. The van der Waals surface area contributed by atoms with Crippen molar-refractivity contribution in [3.8, 4) is 0 Å². The van der Waals surface area contributed by atoms with Gasteiger partial charge in [0.15, 0.2) is 0 Å². The van der Waals surface area contributed by atoms with Crippen LogP contribution >= 0.6 is 0 Å². The van der Waals surface area contributed by atoms with Gasteiger partial charge in [0, 0.05) is 10.8 Å². The van der Waals surface area contributed by atoms with E-state index in [1.54, 1.807) is 0 Å². The van der Waals surface area contributed by atoms with Crippen molar-refractivity contribution in [2.75, 3.05) is 6.61 Å². The van der Waals surface area contributed by atoms with Crippen LogP contribution in [0.25, 0.3) is 0 Å². The van der Waals surface area contributed by atoms with Gasteiger partial charge in [0.05, 0.1) is 32.3 Å². The van der Waals surface area contributed by atoms with E-state index in [0.717, 1.165) is 64.2 Å². The molecular formula is C38H58O8. The van der Waals surface area contributed by atoms with Gasteiger partial charge >= 0.3 is 23.9 Å². The molecule has 5 saturated carbocycles. The largest absolute Gasteiger partial charge is 0.481 e. The number of carbonyl (C=O) groups excluding carboxylic acids is 2. The van der Waals surface area contributed by atoms with E-state index in [1.807, 2.05) is 0 Å². The van der Waals surface area contributed by atoms with E-state index in [4.69, 9.17) is 19.7 Å². The Balaban J connectivity index is 1.38. The van der Waals surface area contributed by atoms with Crippen molar-refractivity contribution in [1.82, 2.24) is 0 Å². The Morgan fingerprint density at radius 1 is 0.717 bits per heavy atom. The molecule has 0 saturated heterocycles. The molecule has 0 bridgehead atoms. The zero-order valence-corrected chi connectivity index (χ0v) is 29.1. The summed E-state index contributed by atoms with van der Waals surface area (Å²) in [5.74, 6) is -0.505. The van der Waals surface area contributed by atoms with Crippen molar-refractivity contribution in [2.45, 2.75) is 138 Å². The quantitative estimate of drug-likeness (QED) is 0.182. The molecule has 0 amide bonds. The standard InChI is InChI=1S/C38H58O8/c1-23(2)24-14-19-38(22-45-31(43)12-10-29(39)40)21-20-36(6)25(33(24)38)8-9-27-35(5)17-16-28(46-32(44)13-11-30(41)42)34(3,4)26(35)15-18-37(27,36)7/h24-28,33H,1,8-22H2,2-7H3,(H,39,40)(H,41,42)/t24-,25-,26-,27+,28-,33-,35+,36+,37-,38+/m0/s1. The highest BCUT2D eigenvalue weighted by molar-refractivity contribution is 5.77. The average Bonchev–Trinajstić information content (AvgIpc) is 3.36. The number of hydrogen-bond donors (Lipinski definition) is 2. The van der Waals surface area contributed by atoms with Crippen molar-refractivity contribution in [3.63, 3.8) is 0 Å². The Hall–Kier alpha value is -2.38. The molecule has 0 unspecified atom stereocenters. The molecule has 46 heavy (non-hydrogen) atoms. The molecule has 0 spiro atoms. The van der Waals surface area contributed by atoms with Gasteiger partial charge in [-0.3, -0.25) is 19.2 Å². The maximum absolute atomic E-state index is 12.6. The summed E-state index contributed by atoms with van der Waals surface area (Å²) < 4.78 is 11.9. The second-order valence-corrected chi connectivity index (χ2v) is 17.3. The summed E-state index contributed by atoms with van der Waals surface area (Å²) in [5.41, 5.74) is 1.35. The zero-order chi connectivity index (χ0) is 33.9. The first-order chi connectivity index (χ1) is 21.4. The monoisotopic (exact) mass is 642 g/mol. The fourth-order valence-corrected chi connectivity index (χ4v) is 12.7. The number of esters is 2. The van der Waals surface area contributed by atoms with Gasteiger partial charge in [-0.25, -0.2) is 0 Å². The van der Waals surface area contributed by atoms with Crippen LogP contribution in [-0.2, 0) is 28.7 Å². The molecule has 0 aromatic rings. The molecule has 0 heterocycles. The molecule has 0 radical (unpaired) electrons. The molecule has 5 rings (SSSR count). The van der Waals surface area contributed by atoms with E-state index in [-0.39, 0.29) is 58.9 Å². The fraction of sp³-hybridized carbons (Fsp3) is 0.842. The van der Waals surface area contributed by atoms with E-state index < -0.39 is 23.9 Å². The number of carbonyl (C=O) groups is 4. The number of carboxylic acid groups (broad SMARTS) is 2. The number of allylic oxidation sites excluding steroid dienone is 1. The molecule has 258 valence electrons. The third kappa shape index (κ3) is 5.61. The van der Waals surface area contributed by atoms with Crippen molar-refractivity contribution < 1.29 is 38.9 Å². The zero-order valence-electron chi connectivity index (χ0n) is 29.1. The smallest absolute Gasteiger partial charge is 0.306 e. The maximum Gasteiger partial charge on any atom is 0.306 e. The van der Waals surface area contributed by atoms with Crippen molar-refractivity contribution in [2.24, 2.45) is 56.7 Å². The molecule has 10 atom stereocenters. The minimum absolute atomic E-state index is 0.0818. The number of aliphatic carboxylic acids is 2. The van der Waals surface area contributed by atoms with Gasteiger partial charge in [-0.15, -0.1) is 0 Å². The summed E-state index contributed by atoms with van der Waals surface area (Å²) >= 11 is 0. The topological polar surface area (TPSA) is 127 Å². The van der Waals surface area contributed by atoms with Gasteiger partial charge in [-0.05, 0) is 117 Å². The molecule has 0 aromatic carbocycles. The van der Waals surface area contributed by atoms with Gasteiger partial charge in [0.2, 0.25) is 0 Å². The molecule has 2 N–H and O–H groups in total. The van der Waals surface area contributed by atoms with Crippen LogP contribution in [0.4, 0.5) is 0 Å². The van der Waals surface area contributed by atoms with E-state index in [2.05, 4.69) is 48.1 Å². The van der Waals surface area contributed by atoms with Crippen molar-refractivity contribution >= 4 is 23.9 Å². The first kappa shape index (κ1) is 34.9. The normalized spacial score (nSPS) is 42.4. The van der Waals surface area contributed by atoms with Crippen molar-refractivity contribution in [3.05, 3.63) is 12.2 Å². The van der Waals surface area contributed by atoms with Gasteiger partial charge in [0.1, 0.15) is 6.10 Å². The summed E-state index contributed by atoms with van der Waals surface area (Å²) in [5, 5.41) is 18.1. The van der Waals surface area contributed by atoms with Crippen LogP contribution in [0.5, 0.6) is 0 Å². The summed E-state index contributed by atoms with van der Waals surface area (Å²) in [4.78, 5) is 47.3. The first-order valence-corrected chi connectivity index (χ1v) is 17.9. The fourth-order valence-electron chi connectivity index (χ4n) is 12.7. The highest BCUT2D eigenvalue weighted by atomic mass is 16.5. The molecule has 8 nitrogen and oxygen atoms in total. The molecule has 8 heteroatoms. The van der Waals surface area contributed by atoms with Crippen LogP contribution in [-0.4, -0.2) is 46.8 Å². The third-order valence-corrected chi connectivity index (χ3v) is 15.1. The Morgan fingerprint density at radius 3 is 2.00 bits per heavy atom.